The van der Waals surface area contributed by atoms with E-state index in [0.29, 0.717) is 24.5 Å². The SMILES string of the molecule is O=C(NCCc1ccccc1)c1cccnc1NCc1ccccc1. The molecule has 0 saturated carbocycles. The van der Waals surface area contributed by atoms with Gasteiger partial charge in [0.05, 0.1) is 5.56 Å². The van der Waals surface area contributed by atoms with Gasteiger partial charge in [-0.3, -0.25) is 4.79 Å². The lowest BCUT2D eigenvalue weighted by atomic mass is 10.1. The number of nitrogens with zero attached hydrogens (tertiary/aromatic N) is 1. The number of hydrogen-bond acceptors (Lipinski definition) is 3. The quantitative estimate of drug-likeness (QED) is 0.694. The highest BCUT2D eigenvalue weighted by molar-refractivity contribution is 5.98. The molecule has 3 aromatic rings. The van der Waals surface area contributed by atoms with Gasteiger partial charge in [0, 0.05) is 19.3 Å². The zero-order valence-electron chi connectivity index (χ0n) is 14.0. The van der Waals surface area contributed by atoms with Crippen LogP contribution in [0.4, 0.5) is 5.82 Å². The molecule has 3 rings (SSSR count). The van der Waals surface area contributed by atoms with Crippen LogP contribution < -0.4 is 10.6 Å². The minimum absolute atomic E-state index is 0.111. The van der Waals surface area contributed by atoms with Gasteiger partial charge in [-0.15, -0.1) is 0 Å². The van der Waals surface area contributed by atoms with Crippen molar-refractivity contribution >= 4 is 11.7 Å². The average molecular weight is 331 g/mol. The molecule has 1 amide bonds. The van der Waals surface area contributed by atoms with E-state index >= 15 is 0 Å². The van der Waals surface area contributed by atoms with Gasteiger partial charge in [-0.1, -0.05) is 60.7 Å². The van der Waals surface area contributed by atoms with Crippen LogP contribution in [0.1, 0.15) is 21.5 Å². The molecular formula is C21H21N3O. The summed E-state index contributed by atoms with van der Waals surface area (Å²) in [5.74, 6) is 0.489. The molecular weight excluding hydrogens is 310 g/mol. The second-order valence-electron chi connectivity index (χ2n) is 5.73. The molecule has 0 unspecified atom stereocenters. The van der Waals surface area contributed by atoms with Crippen molar-refractivity contribution in [2.24, 2.45) is 0 Å². The number of anilines is 1. The highest BCUT2D eigenvalue weighted by atomic mass is 16.1. The Morgan fingerprint density at radius 2 is 1.52 bits per heavy atom. The number of hydrogen-bond donors (Lipinski definition) is 2. The summed E-state index contributed by atoms with van der Waals surface area (Å²) >= 11 is 0. The molecule has 0 atom stereocenters. The minimum Gasteiger partial charge on any atom is -0.365 e. The Bertz CT molecular complexity index is 804. The Labute approximate surface area is 147 Å². The molecule has 0 saturated heterocycles. The first-order chi connectivity index (χ1) is 12.3. The molecule has 4 nitrogen and oxygen atoms in total. The van der Waals surface area contributed by atoms with Gasteiger partial charge in [-0.2, -0.15) is 0 Å². The second-order valence-corrected chi connectivity index (χ2v) is 5.73. The van der Waals surface area contributed by atoms with E-state index in [1.165, 1.54) is 5.56 Å². The molecule has 2 aromatic carbocycles. The fourth-order valence-corrected chi connectivity index (χ4v) is 2.57. The van der Waals surface area contributed by atoms with Crippen LogP contribution in [-0.4, -0.2) is 17.4 Å². The zero-order chi connectivity index (χ0) is 17.3. The third-order valence-corrected chi connectivity index (χ3v) is 3.90. The summed E-state index contributed by atoms with van der Waals surface area (Å²) in [4.78, 5) is 16.8. The molecule has 0 spiro atoms. The number of benzene rings is 2. The van der Waals surface area contributed by atoms with Crippen molar-refractivity contribution in [2.45, 2.75) is 13.0 Å². The van der Waals surface area contributed by atoms with Gasteiger partial charge in [0.2, 0.25) is 0 Å². The van der Waals surface area contributed by atoms with Crippen molar-refractivity contribution in [2.75, 3.05) is 11.9 Å². The number of rotatable bonds is 7. The van der Waals surface area contributed by atoms with E-state index in [4.69, 9.17) is 0 Å². The molecule has 0 bridgehead atoms. The number of amides is 1. The van der Waals surface area contributed by atoms with E-state index in [0.717, 1.165) is 12.0 Å². The molecule has 1 aromatic heterocycles. The van der Waals surface area contributed by atoms with Gasteiger partial charge < -0.3 is 10.6 Å². The van der Waals surface area contributed by atoms with Crippen LogP contribution in [0.15, 0.2) is 79.0 Å². The van der Waals surface area contributed by atoms with Gasteiger partial charge in [0.15, 0.2) is 0 Å². The summed E-state index contributed by atoms with van der Waals surface area (Å²) in [5, 5.41) is 6.21. The highest BCUT2D eigenvalue weighted by Crippen LogP contribution is 2.13. The van der Waals surface area contributed by atoms with Crippen molar-refractivity contribution in [1.82, 2.24) is 10.3 Å². The second kappa shape index (κ2) is 8.64. The maximum atomic E-state index is 12.5. The Morgan fingerprint density at radius 3 is 2.24 bits per heavy atom. The molecule has 1 heterocycles. The molecule has 0 fully saturated rings. The average Bonchev–Trinajstić information content (AvgIpc) is 2.68. The number of pyridine rings is 1. The molecule has 0 aliphatic carbocycles. The first kappa shape index (κ1) is 16.7. The van der Waals surface area contributed by atoms with Crippen molar-refractivity contribution in [3.8, 4) is 0 Å². The fourth-order valence-electron chi connectivity index (χ4n) is 2.57. The van der Waals surface area contributed by atoms with Crippen molar-refractivity contribution in [3.63, 3.8) is 0 Å². The molecule has 0 radical (unpaired) electrons. The van der Waals surface area contributed by atoms with Gasteiger partial charge in [0.1, 0.15) is 5.82 Å². The highest BCUT2D eigenvalue weighted by Gasteiger charge is 2.11. The van der Waals surface area contributed by atoms with Crippen molar-refractivity contribution in [1.29, 1.82) is 0 Å². The van der Waals surface area contributed by atoms with E-state index in [1.807, 2.05) is 48.5 Å². The standard InChI is InChI=1S/C21H21N3O/c25-21(23-15-13-17-8-3-1-4-9-17)19-12-7-14-22-20(19)24-16-18-10-5-2-6-11-18/h1-12,14H,13,15-16H2,(H,22,24)(H,23,25). The van der Waals surface area contributed by atoms with Crippen molar-refractivity contribution < 1.29 is 4.79 Å². The van der Waals surface area contributed by atoms with Gasteiger partial charge >= 0.3 is 0 Å². The number of carbonyl (C=O) groups excluding carboxylic acids is 1. The third kappa shape index (κ3) is 4.91. The summed E-state index contributed by atoms with van der Waals surface area (Å²) in [6.45, 7) is 1.22. The first-order valence-corrected chi connectivity index (χ1v) is 8.38. The van der Waals surface area contributed by atoms with Gasteiger partial charge in [0.25, 0.3) is 5.91 Å². The van der Waals surface area contributed by atoms with Gasteiger partial charge in [-0.25, -0.2) is 4.98 Å². The lowest BCUT2D eigenvalue weighted by Crippen LogP contribution is -2.26. The molecule has 25 heavy (non-hydrogen) atoms. The monoisotopic (exact) mass is 331 g/mol. The number of nitrogens with one attached hydrogen (secondary N) is 2. The van der Waals surface area contributed by atoms with Crippen LogP contribution >= 0.6 is 0 Å². The third-order valence-electron chi connectivity index (χ3n) is 3.90. The van der Waals surface area contributed by atoms with Crippen LogP contribution in [-0.2, 0) is 13.0 Å². The molecule has 0 aliphatic heterocycles. The molecule has 126 valence electrons. The minimum atomic E-state index is -0.111. The largest absolute Gasteiger partial charge is 0.365 e. The number of aromatic nitrogens is 1. The van der Waals surface area contributed by atoms with Crippen LogP contribution in [0.5, 0.6) is 0 Å². The Kier molecular flexibility index (Phi) is 5.77. The summed E-state index contributed by atoms with van der Waals surface area (Å²) in [6.07, 6.45) is 2.49. The predicted octanol–water partition coefficient (Wildman–Crippen LogP) is 3.67. The van der Waals surface area contributed by atoms with Crippen LogP contribution in [0.25, 0.3) is 0 Å². The first-order valence-electron chi connectivity index (χ1n) is 8.38. The molecule has 2 N–H and O–H groups in total. The summed E-state index contributed by atoms with van der Waals surface area (Å²) < 4.78 is 0. The lowest BCUT2D eigenvalue weighted by Gasteiger charge is -2.11. The van der Waals surface area contributed by atoms with E-state index in [-0.39, 0.29) is 5.91 Å². The summed E-state index contributed by atoms with van der Waals surface area (Å²) in [7, 11) is 0. The Balaban J connectivity index is 1.58. The van der Waals surface area contributed by atoms with E-state index in [9.17, 15) is 4.79 Å². The van der Waals surface area contributed by atoms with E-state index < -0.39 is 0 Å². The normalized spacial score (nSPS) is 10.2. The van der Waals surface area contributed by atoms with E-state index in [2.05, 4.69) is 27.8 Å². The van der Waals surface area contributed by atoms with Gasteiger partial charge in [-0.05, 0) is 29.7 Å². The summed E-state index contributed by atoms with van der Waals surface area (Å²) in [6, 6.07) is 23.7. The Hall–Kier alpha value is -3.14. The smallest absolute Gasteiger partial charge is 0.255 e. The van der Waals surface area contributed by atoms with E-state index in [1.54, 1.807) is 18.3 Å². The maximum Gasteiger partial charge on any atom is 0.255 e. The van der Waals surface area contributed by atoms with Crippen molar-refractivity contribution in [3.05, 3.63) is 95.7 Å². The predicted molar refractivity (Wildman–Crippen MR) is 100 cm³/mol. The van der Waals surface area contributed by atoms with Crippen LogP contribution in [0.3, 0.4) is 0 Å². The fraction of sp³-hybridized carbons (Fsp3) is 0.143. The summed E-state index contributed by atoms with van der Waals surface area (Å²) in [5.41, 5.74) is 2.91. The van der Waals surface area contributed by atoms with Crippen LogP contribution in [0.2, 0.25) is 0 Å². The topological polar surface area (TPSA) is 54.0 Å². The molecule has 4 heteroatoms. The zero-order valence-corrected chi connectivity index (χ0v) is 14.0. The Morgan fingerprint density at radius 1 is 0.840 bits per heavy atom. The van der Waals surface area contributed by atoms with Crippen LogP contribution in [0, 0.1) is 0 Å². The number of carbonyl (C=O) groups is 1. The maximum absolute atomic E-state index is 12.5. The lowest BCUT2D eigenvalue weighted by molar-refractivity contribution is 0.0954. The molecule has 0 aliphatic rings.